The number of carbonyl (C=O) groups is 1. The molecule has 1 aliphatic carbocycles. The van der Waals surface area contributed by atoms with Gasteiger partial charge in [0.2, 0.25) is 0 Å². The van der Waals surface area contributed by atoms with E-state index < -0.39 is 5.60 Å². The van der Waals surface area contributed by atoms with Crippen LogP contribution in [0.4, 0.5) is 4.79 Å². The standard InChI is InChI=1S/C16H30N2O2/c1-11(2)12-8-14(9-12)17-13-6-7-18(10-13)15(19)20-16(3,4)5/h11-14,17H,6-10H2,1-5H3. The number of hydrogen-bond donors (Lipinski definition) is 1. The van der Waals surface area contributed by atoms with E-state index in [4.69, 9.17) is 4.74 Å². The zero-order chi connectivity index (χ0) is 14.9. The fourth-order valence-corrected chi connectivity index (χ4v) is 3.06. The molecule has 1 N–H and O–H groups in total. The molecule has 1 saturated heterocycles. The van der Waals surface area contributed by atoms with Gasteiger partial charge in [0.15, 0.2) is 0 Å². The van der Waals surface area contributed by atoms with E-state index in [1.807, 2.05) is 25.7 Å². The van der Waals surface area contributed by atoms with Gasteiger partial charge < -0.3 is 15.0 Å². The monoisotopic (exact) mass is 282 g/mol. The molecule has 116 valence electrons. The highest BCUT2D eigenvalue weighted by Crippen LogP contribution is 2.34. The van der Waals surface area contributed by atoms with Crippen LogP contribution in [0.2, 0.25) is 0 Å². The summed E-state index contributed by atoms with van der Waals surface area (Å²) in [4.78, 5) is 13.8. The summed E-state index contributed by atoms with van der Waals surface area (Å²) >= 11 is 0. The van der Waals surface area contributed by atoms with Crippen LogP contribution in [0, 0.1) is 11.8 Å². The molecule has 0 aromatic carbocycles. The number of hydrogen-bond acceptors (Lipinski definition) is 3. The Kier molecular flexibility index (Phi) is 4.62. The minimum Gasteiger partial charge on any atom is -0.444 e. The Bertz CT molecular complexity index is 343. The van der Waals surface area contributed by atoms with Crippen LogP contribution < -0.4 is 5.32 Å². The predicted molar refractivity (Wildman–Crippen MR) is 80.7 cm³/mol. The van der Waals surface area contributed by atoms with Crippen LogP contribution in [0.1, 0.15) is 53.9 Å². The fraction of sp³-hybridized carbons (Fsp3) is 0.938. The first kappa shape index (κ1) is 15.6. The molecule has 1 heterocycles. The highest BCUT2D eigenvalue weighted by atomic mass is 16.6. The topological polar surface area (TPSA) is 41.6 Å². The van der Waals surface area contributed by atoms with Crippen LogP contribution in [-0.2, 0) is 4.74 Å². The lowest BCUT2D eigenvalue weighted by Crippen LogP contribution is -2.48. The molecule has 0 aromatic rings. The molecule has 4 heteroatoms. The molecule has 4 nitrogen and oxygen atoms in total. The Labute approximate surface area is 123 Å². The Morgan fingerprint density at radius 2 is 1.90 bits per heavy atom. The second-order valence-corrected chi connectivity index (χ2v) is 7.75. The molecule has 1 saturated carbocycles. The van der Waals surface area contributed by atoms with Crippen molar-refractivity contribution in [2.24, 2.45) is 11.8 Å². The van der Waals surface area contributed by atoms with Crippen molar-refractivity contribution in [1.29, 1.82) is 0 Å². The molecule has 20 heavy (non-hydrogen) atoms. The third-order valence-corrected chi connectivity index (χ3v) is 4.43. The summed E-state index contributed by atoms with van der Waals surface area (Å²) in [5.74, 6) is 1.69. The van der Waals surface area contributed by atoms with E-state index in [1.54, 1.807) is 0 Å². The summed E-state index contributed by atoms with van der Waals surface area (Å²) in [6.07, 6.45) is 3.46. The van der Waals surface area contributed by atoms with Crippen molar-refractivity contribution in [3.8, 4) is 0 Å². The van der Waals surface area contributed by atoms with E-state index in [1.165, 1.54) is 12.8 Å². The van der Waals surface area contributed by atoms with Crippen molar-refractivity contribution in [3.05, 3.63) is 0 Å². The average Bonchev–Trinajstić information content (AvgIpc) is 2.68. The van der Waals surface area contributed by atoms with E-state index in [9.17, 15) is 4.79 Å². The Morgan fingerprint density at radius 1 is 1.25 bits per heavy atom. The second-order valence-electron chi connectivity index (χ2n) is 7.75. The van der Waals surface area contributed by atoms with Gasteiger partial charge in [0.1, 0.15) is 5.60 Å². The fourth-order valence-electron chi connectivity index (χ4n) is 3.06. The van der Waals surface area contributed by atoms with Crippen LogP contribution in [0.25, 0.3) is 0 Å². The second kappa shape index (κ2) is 5.92. The molecule has 0 radical (unpaired) electrons. The van der Waals surface area contributed by atoms with E-state index in [2.05, 4.69) is 19.2 Å². The van der Waals surface area contributed by atoms with Crippen LogP contribution in [0.3, 0.4) is 0 Å². The van der Waals surface area contributed by atoms with Crippen LogP contribution in [0.15, 0.2) is 0 Å². The van der Waals surface area contributed by atoms with Crippen molar-refractivity contribution in [1.82, 2.24) is 10.2 Å². The van der Waals surface area contributed by atoms with Crippen molar-refractivity contribution in [2.45, 2.75) is 71.6 Å². The van der Waals surface area contributed by atoms with Gasteiger partial charge in [-0.25, -0.2) is 4.79 Å². The summed E-state index contributed by atoms with van der Waals surface area (Å²) < 4.78 is 5.42. The van der Waals surface area contributed by atoms with Crippen molar-refractivity contribution in [3.63, 3.8) is 0 Å². The first-order valence-electron chi connectivity index (χ1n) is 7.98. The zero-order valence-electron chi connectivity index (χ0n) is 13.6. The SMILES string of the molecule is CC(C)C1CC(NC2CCN(C(=O)OC(C)(C)C)C2)C1. The third kappa shape index (κ3) is 4.11. The minimum absolute atomic E-state index is 0.171. The van der Waals surface area contributed by atoms with Gasteiger partial charge in [0.25, 0.3) is 0 Å². The number of likely N-dealkylation sites (tertiary alicyclic amines) is 1. The molecule has 0 bridgehead atoms. The largest absolute Gasteiger partial charge is 0.444 e. The molecule has 1 amide bonds. The first-order valence-corrected chi connectivity index (χ1v) is 7.98. The Balaban J connectivity index is 1.70. The third-order valence-electron chi connectivity index (χ3n) is 4.43. The molecule has 2 fully saturated rings. The normalized spacial score (nSPS) is 30.5. The van der Waals surface area contributed by atoms with Gasteiger partial charge in [-0.3, -0.25) is 0 Å². The molecule has 1 atom stereocenters. The summed E-state index contributed by atoms with van der Waals surface area (Å²) in [5, 5.41) is 3.70. The maximum absolute atomic E-state index is 12.0. The molecule has 1 unspecified atom stereocenters. The summed E-state index contributed by atoms with van der Waals surface area (Å²) in [6.45, 7) is 12.0. The van der Waals surface area contributed by atoms with Gasteiger partial charge in [-0.15, -0.1) is 0 Å². The predicted octanol–water partition coefficient (Wildman–Crippen LogP) is 3.02. The smallest absolute Gasteiger partial charge is 0.410 e. The highest BCUT2D eigenvalue weighted by molar-refractivity contribution is 5.68. The molecule has 0 spiro atoms. The van der Waals surface area contributed by atoms with Gasteiger partial charge in [0.05, 0.1) is 0 Å². The number of carbonyl (C=O) groups excluding carboxylic acids is 1. The maximum Gasteiger partial charge on any atom is 0.410 e. The number of amides is 1. The Morgan fingerprint density at radius 3 is 2.45 bits per heavy atom. The van der Waals surface area contributed by atoms with Crippen molar-refractivity contribution < 1.29 is 9.53 Å². The van der Waals surface area contributed by atoms with E-state index in [-0.39, 0.29) is 6.09 Å². The summed E-state index contributed by atoms with van der Waals surface area (Å²) in [5.41, 5.74) is -0.402. The van der Waals surface area contributed by atoms with Crippen LogP contribution >= 0.6 is 0 Å². The molecular weight excluding hydrogens is 252 g/mol. The minimum atomic E-state index is -0.402. The molecular formula is C16H30N2O2. The lowest BCUT2D eigenvalue weighted by Gasteiger charge is -2.40. The van der Waals surface area contributed by atoms with E-state index in [0.717, 1.165) is 31.3 Å². The van der Waals surface area contributed by atoms with Crippen molar-refractivity contribution >= 4 is 6.09 Å². The molecule has 1 aliphatic heterocycles. The first-order chi connectivity index (χ1) is 9.24. The Hall–Kier alpha value is -0.770. The molecule has 2 rings (SSSR count). The van der Waals surface area contributed by atoms with Crippen LogP contribution in [-0.4, -0.2) is 41.8 Å². The lowest BCUT2D eigenvalue weighted by molar-refractivity contribution is 0.0288. The zero-order valence-corrected chi connectivity index (χ0v) is 13.6. The number of rotatable bonds is 3. The van der Waals surface area contributed by atoms with Gasteiger partial charge in [-0.2, -0.15) is 0 Å². The molecule has 2 aliphatic rings. The van der Waals surface area contributed by atoms with Gasteiger partial charge >= 0.3 is 6.09 Å². The maximum atomic E-state index is 12.0. The molecule has 0 aromatic heterocycles. The van der Waals surface area contributed by atoms with Crippen molar-refractivity contribution in [2.75, 3.05) is 13.1 Å². The average molecular weight is 282 g/mol. The van der Waals surface area contributed by atoms with Gasteiger partial charge in [-0.05, 0) is 51.9 Å². The van der Waals surface area contributed by atoms with Gasteiger partial charge in [-0.1, -0.05) is 13.8 Å². The van der Waals surface area contributed by atoms with E-state index in [0.29, 0.717) is 12.1 Å². The lowest BCUT2D eigenvalue weighted by atomic mass is 9.73. The summed E-state index contributed by atoms with van der Waals surface area (Å²) in [7, 11) is 0. The number of nitrogens with one attached hydrogen (secondary N) is 1. The van der Waals surface area contributed by atoms with E-state index >= 15 is 0 Å². The quantitative estimate of drug-likeness (QED) is 0.865. The van der Waals surface area contributed by atoms with Crippen LogP contribution in [0.5, 0.6) is 0 Å². The number of nitrogens with zero attached hydrogens (tertiary/aromatic N) is 1. The highest BCUT2D eigenvalue weighted by Gasteiger charge is 2.35. The number of ether oxygens (including phenoxy) is 1. The van der Waals surface area contributed by atoms with Gasteiger partial charge in [0, 0.05) is 25.2 Å². The summed E-state index contributed by atoms with van der Waals surface area (Å²) in [6, 6.07) is 1.10.